The Hall–Kier alpha value is -2.11. The Balaban J connectivity index is 2.41. The van der Waals surface area contributed by atoms with Crippen LogP contribution in [0, 0.1) is 0 Å². The van der Waals surface area contributed by atoms with Crippen molar-refractivity contribution in [1.82, 2.24) is 0 Å². The zero-order valence-electron chi connectivity index (χ0n) is 14.9. The van der Waals surface area contributed by atoms with E-state index in [1.165, 1.54) is 18.9 Å². The molecule has 0 saturated carbocycles. The molecule has 138 valence electrons. The van der Waals surface area contributed by atoms with Gasteiger partial charge in [-0.05, 0) is 56.2 Å². The van der Waals surface area contributed by atoms with Crippen molar-refractivity contribution in [1.29, 1.82) is 0 Å². The summed E-state index contributed by atoms with van der Waals surface area (Å²) in [6.07, 6.45) is 2.33. The molecule has 0 heterocycles. The Kier molecular flexibility index (Phi) is 7.00. The maximum Gasteiger partial charge on any atom is 0.339 e. The van der Waals surface area contributed by atoms with E-state index < -0.39 is 5.97 Å². The van der Waals surface area contributed by atoms with Gasteiger partial charge in [0.15, 0.2) is 0 Å². The van der Waals surface area contributed by atoms with Crippen LogP contribution in [0.4, 0.5) is 0 Å². The van der Waals surface area contributed by atoms with E-state index in [4.69, 9.17) is 16.3 Å². The number of ether oxygens (including phenoxy) is 1. The van der Waals surface area contributed by atoms with Crippen LogP contribution in [0.15, 0.2) is 46.9 Å². The van der Waals surface area contributed by atoms with Crippen molar-refractivity contribution in [2.75, 3.05) is 7.11 Å². The molecule has 0 aliphatic rings. The van der Waals surface area contributed by atoms with Gasteiger partial charge in [0.05, 0.1) is 7.11 Å². The van der Waals surface area contributed by atoms with E-state index in [1.807, 2.05) is 32.1 Å². The molecule has 2 aromatic carbocycles. The van der Waals surface area contributed by atoms with Crippen molar-refractivity contribution in [2.45, 2.75) is 30.9 Å². The van der Waals surface area contributed by atoms with Crippen LogP contribution >= 0.6 is 23.4 Å². The fourth-order valence-electron chi connectivity index (χ4n) is 2.47. The number of hydrogen-bond donors (Lipinski definition) is 2. The number of methoxy groups -OCH3 is 1. The zero-order chi connectivity index (χ0) is 19.3. The highest BCUT2D eigenvalue weighted by Gasteiger charge is 2.22. The third-order valence-electron chi connectivity index (χ3n) is 3.80. The summed E-state index contributed by atoms with van der Waals surface area (Å²) in [4.78, 5) is 12.7. The van der Waals surface area contributed by atoms with E-state index in [2.05, 4.69) is 0 Å². The van der Waals surface area contributed by atoms with Gasteiger partial charge in [-0.3, -0.25) is 0 Å². The summed E-state index contributed by atoms with van der Waals surface area (Å²) >= 11 is 7.35. The zero-order valence-corrected chi connectivity index (χ0v) is 16.4. The fourth-order valence-corrected chi connectivity index (χ4v) is 3.47. The standard InChI is InChI=1S/C20H21ClO4S/c1-12(2)4-9-16-17(25-3)10-13(18(19(16)22)20(23)24)11-26-15-7-5-14(21)6-8-15/h4-8,10,22H,9,11H2,1-3H3,(H,23,24). The number of thioether (sulfide) groups is 1. The van der Waals surface area contributed by atoms with Crippen molar-refractivity contribution in [2.24, 2.45) is 0 Å². The Morgan fingerprint density at radius 1 is 1.27 bits per heavy atom. The molecule has 0 fully saturated rings. The van der Waals surface area contributed by atoms with E-state index in [9.17, 15) is 15.0 Å². The predicted octanol–water partition coefficient (Wildman–Crippen LogP) is 5.55. The van der Waals surface area contributed by atoms with E-state index in [0.29, 0.717) is 34.1 Å². The summed E-state index contributed by atoms with van der Waals surface area (Å²) in [5.74, 6) is -0.524. The normalized spacial score (nSPS) is 10.5. The van der Waals surface area contributed by atoms with Gasteiger partial charge in [0, 0.05) is 21.2 Å². The van der Waals surface area contributed by atoms with E-state index in [0.717, 1.165) is 10.5 Å². The van der Waals surface area contributed by atoms with Gasteiger partial charge in [0.1, 0.15) is 17.1 Å². The second kappa shape index (κ2) is 9.01. The van der Waals surface area contributed by atoms with Crippen molar-refractivity contribution < 1.29 is 19.7 Å². The maximum absolute atomic E-state index is 11.7. The first-order valence-electron chi connectivity index (χ1n) is 8.00. The van der Waals surface area contributed by atoms with Crippen molar-refractivity contribution in [3.8, 4) is 11.5 Å². The first kappa shape index (κ1) is 20.2. The largest absolute Gasteiger partial charge is 0.507 e. The number of allylic oxidation sites excluding steroid dienone is 2. The SMILES string of the molecule is COc1cc(CSc2ccc(Cl)cc2)c(C(=O)O)c(O)c1CC=C(C)C. The molecule has 0 radical (unpaired) electrons. The average Bonchev–Trinajstić information content (AvgIpc) is 2.59. The van der Waals surface area contributed by atoms with Crippen LogP contribution in [0.5, 0.6) is 11.5 Å². The number of carboxylic acids is 1. The quantitative estimate of drug-likeness (QED) is 0.477. The molecular weight excluding hydrogens is 372 g/mol. The first-order chi connectivity index (χ1) is 12.3. The molecule has 0 aromatic heterocycles. The fraction of sp³-hybridized carbons (Fsp3) is 0.250. The molecule has 0 bridgehead atoms. The molecule has 2 aromatic rings. The summed E-state index contributed by atoms with van der Waals surface area (Å²) in [6, 6.07) is 8.99. The number of phenols is 1. The minimum Gasteiger partial charge on any atom is -0.507 e. The Labute approximate surface area is 162 Å². The maximum atomic E-state index is 11.7. The minimum atomic E-state index is -1.16. The molecule has 0 aliphatic heterocycles. The Bertz CT molecular complexity index is 825. The molecule has 0 unspecified atom stereocenters. The van der Waals surface area contributed by atoms with Gasteiger partial charge in [-0.15, -0.1) is 11.8 Å². The lowest BCUT2D eigenvalue weighted by Gasteiger charge is -2.16. The van der Waals surface area contributed by atoms with Crippen LogP contribution < -0.4 is 4.74 Å². The lowest BCUT2D eigenvalue weighted by atomic mass is 9.99. The highest BCUT2D eigenvalue weighted by atomic mass is 35.5. The highest BCUT2D eigenvalue weighted by Crippen LogP contribution is 2.38. The van der Waals surface area contributed by atoms with Crippen molar-refractivity contribution >= 4 is 29.3 Å². The molecule has 4 nitrogen and oxygen atoms in total. The van der Waals surface area contributed by atoms with Gasteiger partial charge in [-0.1, -0.05) is 23.3 Å². The summed E-state index contributed by atoms with van der Waals surface area (Å²) < 4.78 is 5.39. The molecular formula is C20H21ClO4S. The molecule has 2 rings (SSSR count). The smallest absolute Gasteiger partial charge is 0.339 e. The average molecular weight is 393 g/mol. The van der Waals surface area contributed by atoms with Gasteiger partial charge < -0.3 is 14.9 Å². The monoisotopic (exact) mass is 392 g/mol. The molecule has 0 atom stereocenters. The Morgan fingerprint density at radius 2 is 1.92 bits per heavy atom. The summed E-state index contributed by atoms with van der Waals surface area (Å²) in [6.45, 7) is 3.89. The van der Waals surface area contributed by atoms with Gasteiger partial charge >= 0.3 is 5.97 Å². The molecule has 0 aliphatic carbocycles. The number of rotatable bonds is 7. The van der Waals surface area contributed by atoms with Crippen LogP contribution in [-0.2, 0) is 12.2 Å². The number of benzene rings is 2. The van der Waals surface area contributed by atoms with Gasteiger partial charge in [0.25, 0.3) is 0 Å². The summed E-state index contributed by atoms with van der Waals surface area (Å²) in [5.41, 5.74) is 1.98. The topological polar surface area (TPSA) is 66.8 Å². The molecule has 0 saturated heterocycles. The van der Waals surface area contributed by atoms with Crippen LogP contribution in [0.25, 0.3) is 0 Å². The van der Waals surface area contributed by atoms with E-state index in [-0.39, 0.29) is 11.3 Å². The number of halogens is 1. The molecule has 2 N–H and O–H groups in total. The summed E-state index contributed by atoms with van der Waals surface area (Å²) in [7, 11) is 1.51. The molecule has 0 spiro atoms. The van der Waals surface area contributed by atoms with Gasteiger partial charge in [-0.25, -0.2) is 4.79 Å². The molecule has 0 amide bonds. The third kappa shape index (κ3) is 4.96. The summed E-state index contributed by atoms with van der Waals surface area (Å²) in [5, 5.41) is 20.8. The predicted molar refractivity (Wildman–Crippen MR) is 106 cm³/mol. The number of aromatic carboxylic acids is 1. The van der Waals surface area contributed by atoms with E-state index >= 15 is 0 Å². The van der Waals surface area contributed by atoms with Gasteiger partial charge in [-0.2, -0.15) is 0 Å². The van der Waals surface area contributed by atoms with Crippen molar-refractivity contribution in [3.05, 3.63) is 63.7 Å². The first-order valence-corrected chi connectivity index (χ1v) is 9.36. The van der Waals surface area contributed by atoms with Crippen LogP contribution in [-0.4, -0.2) is 23.3 Å². The lowest BCUT2D eigenvalue weighted by molar-refractivity contribution is 0.0692. The Morgan fingerprint density at radius 3 is 2.46 bits per heavy atom. The van der Waals surface area contributed by atoms with Crippen LogP contribution in [0.1, 0.15) is 35.3 Å². The van der Waals surface area contributed by atoms with Crippen LogP contribution in [0.2, 0.25) is 5.02 Å². The van der Waals surface area contributed by atoms with Crippen molar-refractivity contribution in [3.63, 3.8) is 0 Å². The molecule has 26 heavy (non-hydrogen) atoms. The third-order valence-corrected chi connectivity index (χ3v) is 5.12. The second-order valence-electron chi connectivity index (χ2n) is 5.97. The second-order valence-corrected chi connectivity index (χ2v) is 7.46. The lowest BCUT2D eigenvalue weighted by Crippen LogP contribution is -2.06. The molecule has 6 heteroatoms. The van der Waals surface area contributed by atoms with Gasteiger partial charge in [0.2, 0.25) is 0 Å². The number of carboxylic acid groups (broad SMARTS) is 1. The van der Waals surface area contributed by atoms with E-state index in [1.54, 1.807) is 18.2 Å². The number of aromatic hydroxyl groups is 1. The number of hydrogen-bond acceptors (Lipinski definition) is 4. The highest BCUT2D eigenvalue weighted by molar-refractivity contribution is 7.98. The minimum absolute atomic E-state index is 0.0792. The number of carbonyl (C=O) groups is 1. The van der Waals surface area contributed by atoms with Crippen LogP contribution in [0.3, 0.4) is 0 Å².